The van der Waals surface area contributed by atoms with E-state index in [-0.39, 0.29) is 6.47 Å². The third-order valence-electron chi connectivity index (χ3n) is 7.86. The summed E-state index contributed by atoms with van der Waals surface area (Å²) in [4.78, 5) is 26.3. The Morgan fingerprint density at radius 3 is 2.65 bits per heavy atom. The van der Waals surface area contributed by atoms with E-state index in [2.05, 4.69) is 26.4 Å². The number of hydrogen-bond acceptors (Lipinski definition) is 5. The number of carbonyl (C=O) groups is 2. The number of fused-ring (bicyclic) bond motifs is 4. The topological polar surface area (TPSA) is 90.7 Å². The number of nitrogens with one attached hydrogen (secondary N) is 1. The van der Waals surface area contributed by atoms with Crippen molar-refractivity contribution >= 4 is 12.4 Å². The summed E-state index contributed by atoms with van der Waals surface area (Å²) in [5.74, 6) is 2.10. The van der Waals surface area contributed by atoms with E-state index in [4.69, 9.17) is 9.90 Å². The van der Waals surface area contributed by atoms with Gasteiger partial charge >= 0.3 is 0 Å². The van der Waals surface area contributed by atoms with Crippen LogP contribution in [0, 0.1) is 17.8 Å². The van der Waals surface area contributed by atoms with Crippen molar-refractivity contribution in [2.45, 2.75) is 63.6 Å². The summed E-state index contributed by atoms with van der Waals surface area (Å²) >= 11 is 0. The van der Waals surface area contributed by atoms with Gasteiger partial charge in [-0.3, -0.25) is 19.2 Å². The first-order chi connectivity index (χ1) is 15.2. The minimum absolute atomic E-state index is 0.250. The third kappa shape index (κ3) is 5.29. The summed E-state index contributed by atoms with van der Waals surface area (Å²) in [7, 11) is 0. The van der Waals surface area contributed by atoms with E-state index < -0.39 is 0 Å². The Morgan fingerprint density at radius 2 is 1.94 bits per heavy atom. The molecule has 1 aromatic heterocycles. The summed E-state index contributed by atoms with van der Waals surface area (Å²) in [6, 6.07) is 3.26. The number of amides is 1. The largest absolute Gasteiger partial charge is 0.483 e. The van der Waals surface area contributed by atoms with Crippen LogP contribution in [-0.2, 0) is 16.1 Å². The van der Waals surface area contributed by atoms with E-state index >= 15 is 0 Å². The monoisotopic (exact) mass is 431 g/mol. The lowest BCUT2D eigenvalue weighted by molar-refractivity contribution is -0.129. The first kappa shape index (κ1) is 22.3. The van der Waals surface area contributed by atoms with Gasteiger partial charge in [-0.15, -0.1) is 0 Å². The molecule has 1 aromatic rings. The number of hydrogen-bond donors (Lipinski definition) is 2. The van der Waals surface area contributed by atoms with Crippen molar-refractivity contribution < 1.29 is 14.7 Å². The molecule has 1 aliphatic carbocycles. The minimum Gasteiger partial charge on any atom is -0.483 e. The van der Waals surface area contributed by atoms with E-state index in [1.165, 1.54) is 51.7 Å². The maximum Gasteiger partial charge on any atom is 0.290 e. The highest BCUT2D eigenvalue weighted by molar-refractivity contribution is 5.79. The molecule has 0 aromatic carbocycles. The van der Waals surface area contributed by atoms with Crippen LogP contribution in [0.5, 0.6) is 0 Å². The third-order valence-corrected chi connectivity index (χ3v) is 7.86. The minimum atomic E-state index is -0.250. The highest BCUT2D eigenvalue weighted by Gasteiger charge is 2.47. The van der Waals surface area contributed by atoms with Crippen LogP contribution in [0.15, 0.2) is 18.5 Å². The fourth-order valence-electron chi connectivity index (χ4n) is 6.16. The van der Waals surface area contributed by atoms with Crippen molar-refractivity contribution in [1.82, 2.24) is 24.9 Å². The molecule has 4 aliphatic rings. The first-order valence-electron chi connectivity index (χ1n) is 12.0. The van der Waals surface area contributed by atoms with E-state index in [9.17, 15) is 4.79 Å². The summed E-state index contributed by atoms with van der Waals surface area (Å²) in [5, 5.41) is 14.6. The number of carbonyl (C=O) groups excluding carboxylic acids is 1. The van der Waals surface area contributed by atoms with Gasteiger partial charge in [-0.2, -0.15) is 5.10 Å². The molecule has 0 unspecified atom stereocenters. The van der Waals surface area contributed by atoms with Crippen molar-refractivity contribution in [2.24, 2.45) is 17.8 Å². The van der Waals surface area contributed by atoms with Gasteiger partial charge in [-0.1, -0.05) is 12.8 Å². The van der Waals surface area contributed by atoms with Gasteiger partial charge in [0, 0.05) is 56.6 Å². The fourth-order valence-corrected chi connectivity index (χ4v) is 6.16. The van der Waals surface area contributed by atoms with Crippen molar-refractivity contribution in [3.63, 3.8) is 0 Å². The molecule has 0 spiro atoms. The van der Waals surface area contributed by atoms with E-state index in [0.717, 1.165) is 44.4 Å². The second-order valence-electron chi connectivity index (χ2n) is 9.63. The number of nitrogens with zero attached hydrogens (tertiary/aromatic N) is 4. The van der Waals surface area contributed by atoms with Crippen LogP contribution in [0.1, 0.15) is 44.9 Å². The number of aromatic nitrogens is 2. The summed E-state index contributed by atoms with van der Waals surface area (Å²) in [6.45, 7) is 6.31. The zero-order chi connectivity index (χ0) is 21.6. The maximum atomic E-state index is 12.4. The second-order valence-corrected chi connectivity index (χ2v) is 9.63. The molecule has 172 valence electrons. The van der Waals surface area contributed by atoms with Gasteiger partial charge in [0.1, 0.15) is 0 Å². The smallest absolute Gasteiger partial charge is 0.290 e. The lowest BCUT2D eigenvalue weighted by Gasteiger charge is -2.57. The molecule has 4 fully saturated rings. The zero-order valence-corrected chi connectivity index (χ0v) is 18.4. The van der Waals surface area contributed by atoms with Crippen LogP contribution in [0.4, 0.5) is 0 Å². The standard InChI is InChI=1S/C22H35N5O.CH2O2/c28-22(17-5-3-6-17)23-14-21-19-13-18(20-7-1-2-10-27(20)21)15-25(16-19)11-12-26-9-4-8-24-26;2-1-3/h4,8-9,17-21H,1-3,5-7,10-16H2,(H,23,28);1H,(H,2,3)/t18-,19+,20+,21+;/m1./s1. The summed E-state index contributed by atoms with van der Waals surface area (Å²) in [6.07, 6.45) is 12.7. The highest BCUT2D eigenvalue weighted by Crippen LogP contribution is 2.41. The zero-order valence-electron chi connectivity index (χ0n) is 18.4. The number of likely N-dealkylation sites (tertiary alicyclic amines) is 1. The van der Waals surface area contributed by atoms with Gasteiger partial charge in [0.2, 0.25) is 5.91 Å². The van der Waals surface area contributed by atoms with E-state index in [1.807, 2.05) is 16.9 Å². The predicted molar refractivity (Wildman–Crippen MR) is 117 cm³/mol. The van der Waals surface area contributed by atoms with Crippen LogP contribution >= 0.6 is 0 Å². The number of rotatable bonds is 6. The van der Waals surface area contributed by atoms with Crippen molar-refractivity contribution in [3.05, 3.63) is 18.5 Å². The molecule has 2 N–H and O–H groups in total. The van der Waals surface area contributed by atoms with Gasteiger partial charge in [-0.05, 0) is 56.6 Å². The lowest BCUT2D eigenvalue weighted by atomic mass is 9.72. The normalized spacial score (nSPS) is 31.0. The average molecular weight is 432 g/mol. The number of carboxylic acid groups (broad SMARTS) is 1. The Bertz CT molecular complexity index is 708. The van der Waals surface area contributed by atoms with Crippen LogP contribution in [0.2, 0.25) is 0 Å². The molecular formula is C23H37N5O3. The highest BCUT2D eigenvalue weighted by atomic mass is 16.3. The molecular weight excluding hydrogens is 394 g/mol. The molecule has 4 atom stereocenters. The summed E-state index contributed by atoms with van der Waals surface area (Å²) < 4.78 is 2.05. The molecule has 31 heavy (non-hydrogen) atoms. The van der Waals surface area contributed by atoms with Gasteiger partial charge in [0.25, 0.3) is 6.47 Å². The molecule has 1 saturated carbocycles. The molecule has 3 aliphatic heterocycles. The van der Waals surface area contributed by atoms with Crippen LogP contribution < -0.4 is 5.32 Å². The fraction of sp³-hybridized carbons (Fsp3) is 0.783. The molecule has 1 amide bonds. The van der Waals surface area contributed by atoms with Gasteiger partial charge in [0.15, 0.2) is 0 Å². The van der Waals surface area contributed by atoms with Crippen molar-refractivity contribution in [2.75, 3.05) is 32.7 Å². The van der Waals surface area contributed by atoms with Crippen LogP contribution in [0.25, 0.3) is 0 Å². The lowest BCUT2D eigenvalue weighted by Crippen LogP contribution is -2.66. The Morgan fingerprint density at radius 1 is 1.13 bits per heavy atom. The molecule has 4 heterocycles. The second kappa shape index (κ2) is 10.6. The molecule has 2 bridgehead atoms. The van der Waals surface area contributed by atoms with Gasteiger partial charge < -0.3 is 15.3 Å². The molecule has 5 rings (SSSR count). The molecule has 8 nitrogen and oxygen atoms in total. The Balaban J connectivity index is 0.000000730. The predicted octanol–water partition coefficient (Wildman–Crippen LogP) is 1.68. The average Bonchev–Trinajstić information content (AvgIpc) is 3.25. The number of piperidine rings is 3. The molecule has 3 saturated heterocycles. The van der Waals surface area contributed by atoms with Gasteiger partial charge in [0.05, 0.1) is 6.54 Å². The SMILES string of the molecule is O=C(NC[C@H]1[C@H]2C[C@H](CN(CCn3cccn3)C2)[C@@H]2CCCCN21)C1CCC1.O=CO. The van der Waals surface area contributed by atoms with Crippen molar-refractivity contribution in [1.29, 1.82) is 0 Å². The quantitative estimate of drug-likeness (QED) is 0.666. The Labute approximate surface area is 185 Å². The van der Waals surface area contributed by atoms with Crippen LogP contribution in [0.3, 0.4) is 0 Å². The maximum absolute atomic E-state index is 12.4. The Kier molecular flexibility index (Phi) is 7.61. The molecule has 0 radical (unpaired) electrons. The van der Waals surface area contributed by atoms with E-state index in [0.29, 0.717) is 23.8 Å². The van der Waals surface area contributed by atoms with E-state index in [1.54, 1.807) is 0 Å². The van der Waals surface area contributed by atoms with Crippen molar-refractivity contribution in [3.8, 4) is 0 Å². The Hall–Kier alpha value is -1.93. The van der Waals surface area contributed by atoms with Crippen LogP contribution in [-0.4, -0.2) is 81.9 Å². The first-order valence-corrected chi connectivity index (χ1v) is 12.0. The molecule has 8 heteroatoms. The van der Waals surface area contributed by atoms with Gasteiger partial charge in [-0.25, -0.2) is 0 Å². The summed E-state index contributed by atoms with van der Waals surface area (Å²) in [5.41, 5.74) is 0.